The predicted octanol–water partition coefficient (Wildman–Crippen LogP) is 0.510. The molecule has 4 heteroatoms. The Hall–Kier alpha value is -1.29. The highest BCUT2D eigenvalue weighted by molar-refractivity contribution is 5.06. The minimum absolute atomic E-state index is 0.0463. The first-order valence-corrected chi connectivity index (χ1v) is 3.43. The first-order valence-electron chi connectivity index (χ1n) is 3.43. The van der Waals surface area contributed by atoms with Gasteiger partial charge >= 0.3 is 0 Å². The SMILES string of the molecule is Cn1ccnc1C1C=CNO1. The van der Waals surface area contributed by atoms with Gasteiger partial charge in [0, 0.05) is 25.6 Å². The monoisotopic (exact) mass is 151 g/mol. The van der Waals surface area contributed by atoms with Gasteiger partial charge in [-0.05, 0) is 6.08 Å². The van der Waals surface area contributed by atoms with Crippen molar-refractivity contribution in [1.29, 1.82) is 0 Å². The maximum atomic E-state index is 5.13. The summed E-state index contributed by atoms with van der Waals surface area (Å²) in [6, 6.07) is 0. The Morgan fingerprint density at radius 1 is 1.73 bits per heavy atom. The first-order chi connectivity index (χ1) is 5.38. The average molecular weight is 151 g/mol. The van der Waals surface area contributed by atoms with Gasteiger partial charge in [-0.15, -0.1) is 0 Å². The number of hydrogen-bond donors (Lipinski definition) is 1. The van der Waals surface area contributed by atoms with Gasteiger partial charge in [0.1, 0.15) is 5.82 Å². The molecule has 1 N–H and O–H groups in total. The van der Waals surface area contributed by atoms with Crippen molar-refractivity contribution >= 4 is 0 Å². The van der Waals surface area contributed by atoms with E-state index in [4.69, 9.17) is 4.84 Å². The molecule has 0 amide bonds. The third kappa shape index (κ3) is 1.01. The van der Waals surface area contributed by atoms with Crippen molar-refractivity contribution in [3.8, 4) is 0 Å². The molecule has 0 bridgehead atoms. The molecule has 1 aromatic rings. The number of imidazole rings is 1. The molecule has 0 spiro atoms. The van der Waals surface area contributed by atoms with Gasteiger partial charge in [0.2, 0.25) is 0 Å². The van der Waals surface area contributed by atoms with Crippen LogP contribution in [-0.2, 0) is 11.9 Å². The van der Waals surface area contributed by atoms with Crippen LogP contribution in [0.3, 0.4) is 0 Å². The topological polar surface area (TPSA) is 39.1 Å². The van der Waals surface area contributed by atoms with Gasteiger partial charge in [-0.25, -0.2) is 4.98 Å². The molecule has 1 aromatic heterocycles. The van der Waals surface area contributed by atoms with Crippen molar-refractivity contribution in [2.24, 2.45) is 7.05 Å². The Bertz CT molecular complexity index is 279. The van der Waals surface area contributed by atoms with Crippen molar-refractivity contribution in [2.45, 2.75) is 6.10 Å². The summed E-state index contributed by atoms with van der Waals surface area (Å²) in [6.45, 7) is 0. The minimum atomic E-state index is -0.0463. The number of aromatic nitrogens is 2. The highest BCUT2D eigenvalue weighted by atomic mass is 16.7. The van der Waals surface area contributed by atoms with Gasteiger partial charge in [0.15, 0.2) is 6.10 Å². The van der Waals surface area contributed by atoms with Gasteiger partial charge < -0.3 is 4.57 Å². The summed E-state index contributed by atoms with van der Waals surface area (Å²) in [7, 11) is 1.94. The normalized spacial score (nSPS) is 22.1. The lowest BCUT2D eigenvalue weighted by Gasteiger charge is -2.06. The van der Waals surface area contributed by atoms with E-state index < -0.39 is 0 Å². The molecule has 11 heavy (non-hydrogen) atoms. The lowest BCUT2D eigenvalue weighted by molar-refractivity contribution is 0.0406. The van der Waals surface area contributed by atoms with Gasteiger partial charge in [-0.2, -0.15) is 0 Å². The summed E-state index contributed by atoms with van der Waals surface area (Å²) < 4.78 is 1.93. The Labute approximate surface area is 64.5 Å². The lowest BCUT2D eigenvalue weighted by atomic mass is 10.3. The Morgan fingerprint density at radius 3 is 3.18 bits per heavy atom. The summed E-state index contributed by atoms with van der Waals surface area (Å²) in [5.74, 6) is 0.909. The quantitative estimate of drug-likeness (QED) is 0.635. The average Bonchev–Trinajstić information content (AvgIpc) is 2.55. The largest absolute Gasteiger partial charge is 0.335 e. The van der Waals surface area contributed by atoms with Crippen LogP contribution in [0.1, 0.15) is 11.9 Å². The van der Waals surface area contributed by atoms with E-state index in [1.165, 1.54) is 0 Å². The van der Waals surface area contributed by atoms with Gasteiger partial charge in [0.25, 0.3) is 0 Å². The van der Waals surface area contributed by atoms with Crippen LogP contribution >= 0.6 is 0 Å². The molecular formula is C7H9N3O. The van der Waals surface area contributed by atoms with Crippen LogP contribution in [0.2, 0.25) is 0 Å². The smallest absolute Gasteiger partial charge is 0.163 e. The van der Waals surface area contributed by atoms with Crippen LogP contribution in [0, 0.1) is 0 Å². The van der Waals surface area contributed by atoms with E-state index in [0.29, 0.717) is 0 Å². The lowest BCUT2D eigenvalue weighted by Crippen LogP contribution is -2.08. The van der Waals surface area contributed by atoms with Crippen molar-refractivity contribution < 1.29 is 4.84 Å². The Kier molecular flexibility index (Phi) is 1.40. The molecule has 0 radical (unpaired) electrons. The fraction of sp³-hybridized carbons (Fsp3) is 0.286. The molecule has 1 aliphatic heterocycles. The molecule has 1 unspecified atom stereocenters. The fourth-order valence-corrected chi connectivity index (χ4v) is 1.07. The number of nitrogens with one attached hydrogen (secondary N) is 1. The maximum Gasteiger partial charge on any atom is 0.163 e. The summed E-state index contributed by atoms with van der Waals surface area (Å²) >= 11 is 0. The van der Waals surface area contributed by atoms with Gasteiger partial charge in [0.05, 0.1) is 0 Å². The second kappa shape index (κ2) is 2.39. The van der Waals surface area contributed by atoms with Crippen LogP contribution in [0.25, 0.3) is 0 Å². The molecule has 0 saturated carbocycles. The van der Waals surface area contributed by atoms with Crippen molar-refractivity contribution in [1.82, 2.24) is 15.0 Å². The molecule has 0 aromatic carbocycles. The summed E-state index contributed by atoms with van der Waals surface area (Å²) in [5, 5.41) is 0. The summed E-state index contributed by atoms with van der Waals surface area (Å²) in [6.07, 6.45) is 7.28. The number of rotatable bonds is 1. The number of aryl methyl sites for hydroxylation is 1. The van der Waals surface area contributed by atoms with Crippen molar-refractivity contribution in [2.75, 3.05) is 0 Å². The van der Waals surface area contributed by atoms with E-state index in [1.54, 1.807) is 12.4 Å². The molecule has 4 nitrogen and oxygen atoms in total. The molecule has 2 heterocycles. The molecular weight excluding hydrogens is 142 g/mol. The van der Waals surface area contributed by atoms with E-state index in [9.17, 15) is 0 Å². The summed E-state index contributed by atoms with van der Waals surface area (Å²) in [4.78, 5) is 9.28. The van der Waals surface area contributed by atoms with E-state index in [1.807, 2.05) is 23.9 Å². The van der Waals surface area contributed by atoms with E-state index in [0.717, 1.165) is 5.82 Å². The molecule has 1 aliphatic rings. The van der Waals surface area contributed by atoms with Crippen molar-refractivity contribution in [3.05, 3.63) is 30.5 Å². The van der Waals surface area contributed by atoms with Crippen LogP contribution in [0.5, 0.6) is 0 Å². The highest BCUT2D eigenvalue weighted by Crippen LogP contribution is 2.17. The number of nitrogens with zero attached hydrogens (tertiary/aromatic N) is 2. The zero-order valence-electron chi connectivity index (χ0n) is 6.19. The highest BCUT2D eigenvalue weighted by Gasteiger charge is 2.16. The minimum Gasteiger partial charge on any atom is -0.335 e. The van der Waals surface area contributed by atoms with E-state index >= 15 is 0 Å². The van der Waals surface area contributed by atoms with Gasteiger partial charge in [-0.1, -0.05) is 0 Å². The molecule has 2 rings (SSSR count). The standard InChI is InChI=1S/C7H9N3O/c1-10-5-4-8-7(10)6-2-3-9-11-6/h2-6,9H,1H3. The molecule has 0 aliphatic carbocycles. The zero-order chi connectivity index (χ0) is 7.68. The van der Waals surface area contributed by atoms with E-state index in [-0.39, 0.29) is 6.10 Å². The Balaban J connectivity index is 2.28. The summed E-state index contributed by atoms with van der Waals surface area (Å²) in [5.41, 5.74) is 2.65. The second-order valence-electron chi connectivity index (χ2n) is 2.41. The molecule has 58 valence electrons. The molecule has 0 fully saturated rings. The maximum absolute atomic E-state index is 5.13. The fourth-order valence-electron chi connectivity index (χ4n) is 1.07. The molecule has 1 atom stereocenters. The van der Waals surface area contributed by atoms with Crippen LogP contribution in [-0.4, -0.2) is 9.55 Å². The third-order valence-electron chi connectivity index (χ3n) is 1.65. The Morgan fingerprint density at radius 2 is 2.64 bits per heavy atom. The second-order valence-corrected chi connectivity index (χ2v) is 2.41. The number of hydroxylamine groups is 1. The van der Waals surface area contributed by atoms with E-state index in [2.05, 4.69) is 10.5 Å². The zero-order valence-corrected chi connectivity index (χ0v) is 6.19. The van der Waals surface area contributed by atoms with Crippen LogP contribution in [0.15, 0.2) is 24.7 Å². The van der Waals surface area contributed by atoms with Gasteiger partial charge in [-0.3, -0.25) is 10.3 Å². The first kappa shape index (κ1) is 6.42. The predicted molar refractivity (Wildman–Crippen MR) is 39.3 cm³/mol. The number of hydrogen-bond acceptors (Lipinski definition) is 3. The molecule has 0 saturated heterocycles. The third-order valence-corrected chi connectivity index (χ3v) is 1.65. The van der Waals surface area contributed by atoms with Crippen LogP contribution in [0.4, 0.5) is 0 Å². The van der Waals surface area contributed by atoms with Crippen molar-refractivity contribution in [3.63, 3.8) is 0 Å². The van der Waals surface area contributed by atoms with Crippen LogP contribution < -0.4 is 5.48 Å².